The van der Waals surface area contributed by atoms with E-state index in [0.29, 0.717) is 5.92 Å². The standard InChI is InChI=1S/C21H27ClN6S/c1-15(2)10-18(13-24-12-16-4-6-17(22)7-5-16)25-19-11-20(27-21(26-19)29-3)28-9-8-23-14-28/h4-9,11,14-15,18,24H,10,12-13H2,1-3H3,(H,25,26,27). The van der Waals surface area contributed by atoms with Crippen LogP contribution in [0.15, 0.2) is 54.2 Å². The van der Waals surface area contributed by atoms with Gasteiger partial charge in [0.2, 0.25) is 0 Å². The van der Waals surface area contributed by atoms with Crippen LogP contribution in [0.1, 0.15) is 25.8 Å². The second-order valence-corrected chi connectivity index (χ2v) is 8.51. The number of imidazole rings is 1. The van der Waals surface area contributed by atoms with Gasteiger partial charge in [0.25, 0.3) is 0 Å². The highest BCUT2D eigenvalue weighted by Crippen LogP contribution is 2.19. The summed E-state index contributed by atoms with van der Waals surface area (Å²) in [5.74, 6) is 2.20. The molecule has 1 unspecified atom stereocenters. The molecule has 1 atom stereocenters. The van der Waals surface area contributed by atoms with E-state index in [4.69, 9.17) is 11.6 Å². The molecule has 0 aliphatic carbocycles. The molecule has 0 fully saturated rings. The molecule has 3 aromatic rings. The molecule has 0 aliphatic heterocycles. The van der Waals surface area contributed by atoms with Crippen LogP contribution >= 0.6 is 23.4 Å². The van der Waals surface area contributed by atoms with E-state index >= 15 is 0 Å². The second-order valence-electron chi connectivity index (χ2n) is 7.30. The first-order valence-electron chi connectivity index (χ1n) is 9.66. The number of benzene rings is 1. The molecule has 2 aromatic heterocycles. The predicted octanol–water partition coefficient (Wildman–Crippen LogP) is 4.65. The molecule has 0 saturated heterocycles. The number of aromatic nitrogens is 4. The van der Waals surface area contributed by atoms with Gasteiger partial charge in [-0.25, -0.2) is 15.0 Å². The van der Waals surface area contributed by atoms with Crippen LogP contribution in [0.5, 0.6) is 0 Å². The number of hydrogen-bond donors (Lipinski definition) is 2. The summed E-state index contributed by atoms with van der Waals surface area (Å²) in [4.78, 5) is 13.3. The molecule has 8 heteroatoms. The second kappa shape index (κ2) is 10.6. The first kappa shape index (κ1) is 21.6. The van der Waals surface area contributed by atoms with Crippen molar-refractivity contribution in [3.8, 4) is 5.82 Å². The van der Waals surface area contributed by atoms with Crippen LogP contribution in [-0.4, -0.2) is 38.4 Å². The zero-order valence-electron chi connectivity index (χ0n) is 17.0. The first-order valence-corrected chi connectivity index (χ1v) is 11.3. The van der Waals surface area contributed by atoms with Gasteiger partial charge in [0, 0.05) is 42.6 Å². The number of thioether (sulfide) groups is 1. The van der Waals surface area contributed by atoms with E-state index in [0.717, 1.165) is 41.3 Å². The maximum atomic E-state index is 5.97. The fraction of sp³-hybridized carbons (Fsp3) is 0.381. The van der Waals surface area contributed by atoms with Crippen LogP contribution in [0, 0.1) is 5.92 Å². The highest BCUT2D eigenvalue weighted by molar-refractivity contribution is 7.98. The molecule has 0 radical (unpaired) electrons. The van der Waals surface area contributed by atoms with Crippen molar-refractivity contribution >= 4 is 29.2 Å². The fourth-order valence-electron chi connectivity index (χ4n) is 3.07. The minimum Gasteiger partial charge on any atom is -0.366 e. The molecule has 0 saturated carbocycles. The van der Waals surface area contributed by atoms with Gasteiger partial charge in [-0.05, 0) is 36.3 Å². The fourth-order valence-corrected chi connectivity index (χ4v) is 3.57. The molecular weight excluding hydrogens is 404 g/mol. The summed E-state index contributed by atoms with van der Waals surface area (Å²) in [7, 11) is 0. The number of nitrogens with one attached hydrogen (secondary N) is 2. The van der Waals surface area contributed by atoms with Gasteiger partial charge in [-0.15, -0.1) is 0 Å². The largest absolute Gasteiger partial charge is 0.366 e. The lowest BCUT2D eigenvalue weighted by molar-refractivity contribution is 0.486. The third-order valence-electron chi connectivity index (χ3n) is 4.38. The molecule has 154 valence electrons. The van der Waals surface area contributed by atoms with Crippen LogP contribution in [0.4, 0.5) is 5.82 Å². The van der Waals surface area contributed by atoms with E-state index in [-0.39, 0.29) is 6.04 Å². The van der Waals surface area contributed by atoms with Crippen LogP contribution in [-0.2, 0) is 6.54 Å². The third kappa shape index (κ3) is 6.73. The van der Waals surface area contributed by atoms with Crippen molar-refractivity contribution in [2.45, 2.75) is 38.0 Å². The molecule has 0 aliphatic rings. The van der Waals surface area contributed by atoms with Gasteiger partial charge in [0.15, 0.2) is 5.16 Å². The van der Waals surface area contributed by atoms with Crippen molar-refractivity contribution in [2.24, 2.45) is 5.92 Å². The first-order chi connectivity index (χ1) is 14.0. The van der Waals surface area contributed by atoms with Gasteiger partial charge in [0.1, 0.15) is 18.0 Å². The molecule has 6 nitrogen and oxygen atoms in total. The van der Waals surface area contributed by atoms with Crippen molar-refractivity contribution in [3.05, 3.63) is 59.6 Å². The van der Waals surface area contributed by atoms with Gasteiger partial charge >= 0.3 is 0 Å². The van der Waals surface area contributed by atoms with Gasteiger partial charge in [-0.2, -0.15) is 0 Å². The minimum absolute atomic E-state index is 0.252. The predicted molar refractivity (Wildman–Crippen MR) is 121 cm³/mol. The molecule has 0 bridgehead atoms. The minimum atomic E-state index is 0.252. The van der Waals surface area contributed by atoms with E-state index in [9.17, 15) is 0 Å². The van der Waals surface area contributed by atoms with Gasteiger partial charge in [-0.3, -0.25) is 4.57 Å². The quantitative estimate of drug-likeness (QED) is 0.360. The lowest BCUT2D eigenvalue weighted by atomic mass is 10.0. The summed E-state index contributed by atoms with van der Waals surface area (Å²) < 4.78 is 1.89. The Bertz CT molecular complexity index is 883. The molecule has 29 heavy (non-hydrogen) atoms. The van der Waals surface area contributed by atoms with E-state index in [1.165, 1.54) is 17.3 Å². The zero-order valence-corrected chi connectivity index (χ0v) is 18.5. The summed E-state index contributed by atoms with van der Waals surface area (Å²) in [5, 5.41) is 8.64. The lowest BCUT2D eigenvalue weighted by Gasteiger charge is -2.22. The van der Waals surface area contributed by atoms with Crippen molar-refractivity contribution < 1.29 is 0 Å². The van der Waals surface area contributed by atoms with Gasteiger partial charge in [0.05, 0.1) is 0 Å². The highest BCUT2D eigenvalue weighted by atomic mass is 35.5. The Kier molecular flexibility index (Phi) is 7.91. The van der Waals surface area contributed by atoms with Crippen LogP contribution in [0.2, 0.25) is 5.02 Å². The van der Waals surface area contributed by atoms with E-state index in [1.807, 2.05) is 47.4 Å². The SMILES string of the molecule is CSc1nc(NC(CNCc2ccc(Cl)cc2)CC(C)C)cc(-n2ccnc2)n1. The normalized spacial score (nSPS) is 12.3. The molecule has 2 N–H and O–H groups in total. The number of halogens is 1. The Morgan fingerprint density at radius 2 is 1.97 bits per heavy atom. The van der Waals surface area contributed by atoms with Crippen molar-refractivity contribution in [3.63, 3.8) is 0 Å². The smallest absolute Gasteiger partial charge is 0.191 e. The molecule has 3 rings (SSSR count). The Balaban J connectivity index is 1.68. The lowest BCUT2D eigenvalue weighted by Crippen LogP contribution is -2.34. The Morgan fingerprint density at radius 1 is 1.17 bits per heavy atom. The van der Waals surface area contributed by atoms with Crippen LogP contribution < -0.4 is 10.6 Å². The number of hydrogen-bond acceptors (Lipinski definition) is 6. The summed E-state index contributed by atoms with van der Waals surface area (Å²) in [6.07, 6.45) is 8.39. The summed E-state index contributed by atoms with van der Waals surface area (Å²) in [6, 6.07) is 10.2. The van der Waals surface area contributed by atoms with Crippen molar-refractivity contribution in [2.75, 3.05) is 18.1 Å². The molecule has 0 spiro atoms. The van der Waals surface area contributed by atoms with Crippen LogP contribution in [0.25, 0.3) is 5.82 Å². The molecular formula is C21H27ClN6S. The maximum Gasteiger partial charge on any atom is 0.191 e. The molecule has 1 aromatic carbocycles. The maximum absolute atomic E-state index is 5.97. The Morgan fingerprint density at radius 3 is 2.62 bits per heavy atom. The topological polar surface area (TPSA) is 67.7 Å². The van der Waals surface area contributed by atoms with E-state index < -0.39 is 0 Å². The summed E-state index contributed by atoms with van der Waals surface area (Å²) >= 11 is 7.50. The monoisotopic (exact) mass is 430 g/mol. The van der Waals surface area contributed by atoms with E-state index in [2.05, 4.69) is 39.4 Å². The van der Waals surface area contributed by atoms with Crippen molar-refractivity contribution in [1.82, 2.24) is 24.8 Å². The van der Waals surface area contributed by atoms with Crippen LogP contribution in [0.3, 0.4) is 0 Å². The number of rotatable bonds is 10. The molecule has 2 heterocycles. The van der Waals surface area contributed by atoms with Gasteiger partial charge < -0.3 is 10.6 Å². The van der Waals surface area contributed by atoms with Crippen molar-refractivity contribution in [1.29, 1.82) is 0 Å². The molecule has 0 amide bonds. The highest BCUT2D eigenvalue weighted by Gasteiger charge is 2.14. The number of nitrogens with zero attached hydrogens (tertiary/aromatic N) is 4. The average molecular weight is 431 g/mol. The summed E-state index contributed by atoms with van der Waals surface area (Å²) in [6.45, 7) is 6.10. The number of anilines is 1. The Labute approximate surface area is 181 Å². The summed E-state index contributed by atoms with van der Waals surface area (Å²) in [5.41, 5.74) is 1.21. The third-order valence-corrected chi connectivity index (χ3v) is 5.18. The zero-order chi connectivity index (χ0) is 20.6. The average Bonchev–Trinajstić information content (AvgIpc) is 3.23. The van der Waals surface area contributed by atoms with Gasteiger partial charge in [-0.1, -0.05) is 49.3 Å². The Hall–Kier alpha value is -2.09. The van der Waals surface area contributed by atoms with E-state index in [1.54, 1.807) is 12.5 Å².